The zero-order valence-corrected chi connectivity index (χ0v) is 23.7. The van der Waals surface area contributed by atoms with E-state index in [4.69, 9.17) is 9.47 Å². The van der Waals surface area contributed by atoms with E-state index in [0.29, 0.717) is 13.1 Å². The van der Waals surface area contributed by atoms with Crippen LogP contribution in [-0.2, 0) is 27.2 Å². The summed E-state index contributed by atoms with van der Waals surface area (Å²) < 4.78 is 10.8. The summed E-state index contributed by atoms with van der Waals surface area (Å²) >= 11 is 0. The second-order valence-electron chi connectivity index (χ2n) is 11.2. The highest BCUT2D eigenvalue weighted by Gasteiger charge is 2.32. The van der Waals surface area contributed by atoms with Crippen LogP contribution in [-0.4, -0.2) is 36.2 Å². The molecule has 0 saturated heterocycles. The van der Waals surface area contributed by atoms with Gasteiger partial charge in [-0.05, 0) is 68.9 Å². The number of anilines is 1. The summed E-state index contributed by atoms with van der Waals surface area (Å²) in [6, 6.07) is 26.7. The van der Waals surface area contributed by atoms with E-state index in [1.165, 1.54) is 18.2 Å². The van der Waals surface area contributed by atoms with Gasteiger partial charge in [-0.2, -0.15) is 0 Å². The standard InChI is InChI=1S/C33H40N2O4/c1-24(26-15-10-7-11-16-26)35(23-25-13-8-6-9-14-25)30(22-31(36)38-5)28-18-19-29-27(21-28)17-12-20-34(29)32(37)39-33(2,3)4/h6-11,13-16,18-19,21,24,30H,12,17,20,22-23H2,1-5H3/t24-,30?/m0/s1. The molecule has 0 fully saturated rings. The lowest BCUT2D eigenvalue weighted by atomic mass is 9.92. The molecule has 206 valence electrons. The molecule has 0 saturated carbocycles. The monoisotopic (exact) mass is 528 g/mol. The van der Waals surface area contributed by atoms with E-state index in [0.717, 1.165) is 29.7 Å². The predicted octanol–water partition coefficient (Wildman–Crippen LogP) is 7.24. The highest BCUT2D eigenvalue weighted by Crippen LogP contribution is 2.38. The van der Waals surface area contributed by atoms with Gasteiger partial charge in [0.05, 0.1) is 19.2 Å². The number of rotatable bonds is 8. The zero-order valence-electron chi connectivity index (χ0n) is 23.7. The molecule has 6 heteroatoms. The number of hydrogen-bond acceptors (Lipinski definition) is 5. The number of benzene rings is 3. The molecule has 1 amide bonds. The van der Waals surface area contributed by atoms with Crippen molar-refractivity contribution < 1.29 is 19.1 Å². The van der Waals surface area contributed by atoms with E-state index in [1.54, 1.807) is 4.90 Å². The number of amides is 1. The van der Waals surface area contributed by atoms with E-state index in [-0.39, 0.29) is 30.6 Å². The molecule has 6 nitrogen and oxygen atoms in total. The minimum Gasteiger partial charge on any atom is -0.469 e. The molecule has 39 heavy (non-hydrogen) atoms. The average molecular weight is 529 g/mol. The maximum atomic E-state index is 13.0. The summed E-state index contributed by atoms with van der Waals surface area (Å²) in [7, 11) is 1.44. The summed E-state index contributed by atoms with van der Waals surface area (Å²) in [5.74, 6) is -0.258. The number of aryl methyl sites for hydroxylation is 1. The Morgan fingerprint density at radius 3 is 2.26 bits per heavy atom. The average Bonchev–Trinajstić information content (AvgIpc) is 2.93. The molecule has 2 atom stereocenters. The fraction of sp³-hybridized carbons (Fsp3) is 0.394. The van der Waals surface area contributed by atoms with Crippen LogP contribution in [0.5, 0.6) is 0 Å². The van der Waals surface area contributed by atoms with Crippen LogP contribution in [0.4, 0.5) is 10.5 Å². The zero-order chi connectivity index (χ0) is 28.0. The molecule has 3 aromatic rings. The van der Waals surface area contributed by atoms with Gasteiger partial charge < -0.3 is 9.47 Å². The molecular formula is C33H40N2O4. The summed E-state index contributed by atoms with van der Waals surface area (Å²) in [5.41, 5.74) is 4.78. The smallest absolute Gasteiger partial charge is 0.414 e. The second kappa shape index (κ2) is 12.5. The molecule has 0 spiro atoms. The van der Waals surface area contributed by atoms with E-state index in [1.807, 2.05) is 69.3 Å². The molecule has 0 aromatic heterocycles. The van der Waals surface area contributed by atoms with Crippen molar-refractivity contribution in [1.82, 2.24) is 4.90 Å². The van der Waals surface area contributed by atoms with Crippen LogP contribution in [0.1, 0.15) is 74.9 Å². The number of carbonyl (C=O) groups is 2. The molecule has 0 bridgehead atoms. The SMILES string of the molecule is COC(=O)CC(c1ccc2c(c1)CCCN2C(=O)OC(C)(C)C)N(Cc1ccccc1)[C@@H](C)c1ccccc1. The van der Waals surface area contributed by atoms with Gasteiger partial charge in [0.25, 0.3) is 0 Å². The lowest BCUT2D eigenvalue weighted by Crippen LogP contribution is -2.40. The van der Waals surface area contributed by atoms with Gasteiger partial charge in [0, 0.05) is 25.2 Å². The van der Waals surface area contributed by atoms with Crippen LogP contribution in [0.2, 0.25) is 0 Å². The maximum Gasteiger partial charge on any atom is 0.414 e. The topological polar surface area (TPSA) is 59.1 Å². The molecule has 1 heterocycles. The van der Waals surface area contributed by atoms with Crippen molar-refractivity contribution in [3.05, 3.63) is 101 Å². The summed E-state index contributed by atoms with van der Waals surface area (Å²) in [6.45, 7) is 9.12. The van der Waals surface area contributed by atoms with Crippen LogP contribution in [0.25, 0.3) is 0 Å². The van der Waals surface area contributed by atoms with E-state index >= 15 is 0 Å². The van der Waals surface area contributed by atoms with E-state index < -0.39 is 5.60 Å². The van der Waals surface area contributed by atoms with Gasteiger partial charge in [-0.15, -0.1) is 0 Å². The molecule has 4 rings (SSSR count). The molecule has 0 aliphatic carbocycles. The first-order chi connectivity index (χ1) is 18.7. The fourth-order valence-electron chi connectivity index (χ4n) is 5.23. The third-order valence-corrected chi connectivity index (χ3v) is 7.20. The summed E-state index contributed by atoms with van der Waals surface area (Å²) in [5, 5.41) is 0. The molecule has 0 radical (unpaired) electrons. The minimum absolute atomic E-state index is 0.0374. The number of ether oxygens (including phenoxy) is 2. The van der Waals surface area contributed by atoms with Gasteiger partial charge in [0.15, 0.2) is 0 Å². The van der Waals surface area contributed by atoms with Crippen molar-refractivity contribution >= 4 is 17.7 Å². The molecule has 1 unspecified atom stereocenters. The molecule has 3 aromatic carbocycles. The van der Waals surface area contributed by atoms with Crippen molar-refractivity contribution in [1.29, 1.82) is 0 Å². The van der Waals surface area contributed by atoms with Crippen molar-refractivity contribution in [3.8, 4) is 0 Å². The van der Waals surface area contributed by atoms with Crippen LogP contribution in [0, 0.1) is 0 Å². The van der Waals surface area contributed by atoms with Crippen LogP contribution >= 0.6 is 0 Å². The third kappa shape index (κ3) is 7.27. The molecular weight excluding hydrogens is 488 g/mol. The summed E-state index contributed by atoms with van der Waals surface area (Å²) in [6.07, 6.45) is 1.60. The first-order valence-corrected chi connectivity index (χ1v) is 13.7. The van der Waals surface area contributed by atoms with Gasteiger partial charge in [0.2, 0.25) is 0 Å². The molecule has 1 aliphatic heterocycles. The van der Waals surface area contributed by atoms with Crippen LogP contribution < -0.4 is 4.90 Å². The Bertz CT molecular complexity index is 1250. The van der Waals surface area contributed by atoms with Gasteiger partial charge in [-0.1, -0.05) is 72.8 Å². The maximum absolute atomic E-state index is 13.0. The number of esters is 1. The van der Waals surface area contributed by atoms with E-state index in [2.05, 4.69) is 42.2 Å². The largest absolute Gasteiger partial charge is 0.469 e. The Hall–Kier alpha value is -3.64. The Morgan fingerprint density at radius 1 is 0.949 bits per heavy atom. The minimum atomic E-state index is -0.564. The second-order valence-corrected chi connectivity index (χ2v) is 11.2. The normalized spacial score (nSPS) is 14.9. The summed E-state index contributed by atoms with van der Waals surface area (Å²) in [4.78, 5) is 29.8. The number of carbonyl (C=O) groups excluding carboxylic acids is 2. The molecule has 0 N–H and O–H groups in total. The first-order valence-electron chi connectivity index (χ1n) is 13.7. The van der Waals surface area contributed by atoms with Crippen molar-refractivity contribution in [2.24, 2.45) is 0 Å². The van der Waals surface area contributed by atoms with Gasteiger partial charge in [0.1, 0.15) is 5.60 Å². The Balaban J connectivity index is 1.74. The number of methoxy groups -OCH3 is 1. The van der Waals surface area contributed by atoms with Gasteiger partial charge >= 0.3 is 12.1 Å². The number of hydrogen-bond donors (Lipinski definition) is 0. The number of fused-ring (bicyclic) bond motifs is 1. The predicted molar refractivity (Wildman–Crippen MR) is 155 cm³/mol. The highest BCUT2D eigenvalue weighted by molar-refractivity contribution is 5.89. The van der Waals surface area contributed by atoms with Gasteiger partial charge in [-0.25, -0.2) is 4.79 Å². The Morgan fingerprint density at radius 2 is 1.62 bits per heavy atom. The van der Waals surface area contributed by atoms with Crippen molar-refractivity contribution in [2.45, 2.75) is 71.2 Å². The van der Waals surface area contributed by atoms with E-state index in [9.17, 15) is 9.59 Å². The van der Waals surface area contributed by atoms with Crippen molar-refractivity contribution in [2.75, 3.05) is 18.6 Å². The quantitative estimate of drug-likeness (QED) is 0.288. The first kappa shape index (κ1) is 28.4. The van der Waals surface area contributed by atoms with Crippen LogP contribution in [0.3, 0.4) is 0 Å². The third-order valence-electron chi connectivity index (χ3n) is 7.20. The fourth-order valence-corrected chi connectivity index (χ4v) is 5.23. The Labute approximate surface area is 232 Å². The lowest BCUT2D eigenvalue weighted by molar-refractivity contribution is -0.142. The highest BCUT2D eigenvalue weighted by atomic mass is 16.6. The van der Waals surface area contributed by atoms with Gasteiger partial charge in [-0.3, -0.25) is 14.6 Å². The van der Waals surface area contributed by atoms with Crippen molar-refractivity contribution in [3.63, 3.8) is 0 Å². The lowest BCUT2D eigenvalue weighted by Gasteiger charge is -2.38. The Kier molecular flexibility index (Phi) is 9.08. The number of nitrogens with zero attached hydrogens (tertiary/aromatic N) is 2. The molecule has 1 aliphatic rings. The van der Waals surface area contributed by atoms with Crippen LogP contribution in [0.15, 0.2) is 78.9 Å².